The number of methoxy groups -OCH3 is 1. The van der Waals surface area contributed by atoms with E-state index in [-0.39, 0.29) is 16.6 Å². The zero-order valence-corrected chi connectivity index (χ0v) is 11.6. The number of carbonyl (C=O) groups is 1. The van der Waals surface area contributed by atoms with Crippen LogP contribution in [-0.2, 0) is 15.5 Å². The molecule has 0 saturated heterocycles. The van der Waals surface area contributed by atoms with Gasteiger partial charge in [-0.15, -0.1) is 0 Å². The van der Waals surface area contributed by atoms with Crippen molar-refractivity contribution in [1.82, 2.24) is 0 Å². The number of Topliss-reactive ketones (excluding diaryl/α,β-unsaturated/α-hetero) is 1. The van der Waals surface area contributed by atoms with E-state index in [1.165, 1.54) is 13.2 Å². The summed E-state index contributed by atoms with van der Waals surface area (Å²) < 4.78 is 16.3. The van der Waals surface area contributed by atoms with E-state index in [1.54, 1.807) is 12.1 Å². The largest absolute Gasteiger partial charge is 0.384 e. The minimum atomic E-state index is -1.23. The molecule has 1 unspecified atom stereocenters. The monoisotopic (exact) mass is 294 g/mol. The molecule has 1 aromatic carbocycles. The lowest BCUT2D eigenvalue weighted by Crippen LogP contribution is -2.15. The Morgan fingerprint density at radius 3 is 2.71 bits per heavy atom. The Kier molecular flexibility index (Phi) is 6.12. The fraction of sp³-hybridized carbons (Fsp3) is 0.364. The number of benzene rings is 1. The van der Waals surface area contributed by atoms with Gasteiger partial charge in [-0.3, -0.25) is 9.00 Å². The molecule has 0 aliphatic rings. The van der Waals surface area contributed by atoms with Gasteiger partial charge in [0.2, 0.25) is 0 Å². The summed E-state index contributed by atoms with van der Waals surface area (Å²) in [5, 5.41) is 0.748. The second-order valence-corrected chi connectivity index (χ2v) is 5.75. The van der Waals surface area contributed by atoms with Gasteiger partial charge >= 0.3 is 0 Å². The predicted molar refractivity (Wildman–Crippen MR) is 70.5 cm³/mol. The molecule has 0 fully saturated rings. The molecule has 6 heteroatoms. The summed E-state index contributed by atoms with van der Waals surface area (Å²) in [6.07, 6.45) is 0. The molecule has 94 valence electrons. The second-order valence-electron chi connectivity index (χ2n) is 3.33. The Morgan fingerprint density at radius 2 is 2.12 bits per heavy atom. The first-order valence-corrected chi connectivity index (χ1v) is 7.11. The van der Waals surface area contributed by atoms with E-state index in [4.69, 9.17) is 27.9 Å². The molecule has 0 radical (unpaired) electrons. The van der Waals surface area contributed by atoms with Crippen LogP contribution in [0, 0.1) is 0 Å². The summed E-state index contributed by atoms with van der Waals surface area (Å²) in [5.74, 6) is 0.0409. The van der Waals surface area contributed by atoms with Crippen LogP contribution in [0.4, 0.5) is 0 Å². The average molecular weight is 295 g/mol. The van der Waals surface area contributed by atoms with Crippen LogP contribution < -0.4 is 0 Å². The van der Waals surface area contributed by atoms with Gasteiger partial charge in [-0.05, 0) is 18.2 Å². The lowest BCUT2D eigenvalue weighted by atomic mass is 10.1. The van der Waals surface area contributed by atoms with Crippen molar-refractivity contribution >= 4 is 39.8 Å². The molecule has 0 amide bonds. The van der Waals surface area contributed by atoms with Crippen LogP contribution in [0.1, 0.15) is 10.4 Å². The number of hydrogen-bond acceptors (Lipinski definition) is 3. The van der Waals surface area contributed by atoms with E-state index < -0.39 is 10.8 Å². The van der Waals surface area contributed by atoms with Crippen molar-refractivity contribution < 1.29 is 13.7 Å². The maximum atomic E-state index is 11.8. The molecule has 1 atom stereocenters. The van der Waals surface area contributed by atoms with Crippen molar-refractivity contribution in [3.8, 4) is 0 Å². The predicted octanol–water partition coefficient (Wildman–Crippen LogP) is 2.57. The molecule has 0 saturated carbocycles. The van der Waals surface area contributed by atoms with Crippen LogP contribution >= 0.6 is 23.2 Å². The number of ether oxygens (including phenoxy) is 1. The van der Waals surface area contributed by atoms with Gasteiger partial charge in [0.1, 0.15) is 0 Å². The van der Waals surface area contributed by atoms with Crippen LogP contribution in [0.25, 0.3) is 0 Å². The molecule has 17 heavy (non-hydrogen) atoms. The maximum Gasteiger partial charge on any atom is 0.176 e. The van der Waals surface area contributed by atoms with E-state index in [2.05, 4.69) is 0 Å². The molecule has 0 spiro atoms. The average Bonchev–Trinajstić information content (AvgIpc) is 2.26. The first kappa shape index (κ1) is 14.6. The number of halogens is 2. The standard InChI is InChI=1S/C11H12Cl2O3S/c1-16-4-5-17(15)7-11(14)9-3-2-8(12)6-10(9)13/h2-3,6H,4-5,7H2,1H3. The number of carbonyl (C=O) groups excluding carboxylic acids is 1. The summed E-state index contributed by atoms with van der Waals surface area (Å²) in [6, 6.07) is 4.62. The van der Waals surface area contributed by atoms with Gasteiger partial charge in [-0.1, -0.05) is 23.2 Å². The highest BCUT2D eigenvalue weighted by atomic mass is 35.5. The first-order valence-electron chi connectivity index (χ1n) is 4.86. The normalized spacial score (nSPS) is 12.4. The Labute approximate surface area is 113 Å². The van der Waals surface area contributed by atoms with E-state index in [0.29, 0.717) is 22.9 Å². The minimum Gasteiger partial charge on any atom is -0.384 e. The van der Waals surface area contributed by atoms with E-state index in [1.807, 2.05) is 0 Å². The van der Waals surface area contributed by atoms with Crippen molar-refractivity contribution in [2.75, 3.05) is 25.2 Å². The lowest BCUT2D eigenvalue weighted by Gasteiger charge is -2.04. The maximum absolute atomic E-state index is 11.8. The highest BCUT2D eigenvalue weighted by Crippen LogP contribution is 2.21. The smallest absolute Gasteiger partial charge is 0.176 e. The van der Waals surface area contributed by atoms with Crippen molar-refractivity contribution in [2.45, 2.75) is 0 Å². The number of ketones is 1. The third-order valence-corrected chi connectivity index (χ3v) is 3.79. The van der Waals surface area contributed by atoms with Crippen LogP contribution in [0.3, 0.4) is 0 Å². The quantitative estimate of drug-likeness (QED) is 0.758. The Bertz CT molecular complexity index is 435. The van der Waals surface area contributed by atoms with Crippen molar-refractivity contribution in [3.63, 3.8) is 0 Å². The van der Waals surface area contributed by atoms with Crippen molar-refractivity contribution in [3.05, 3.63) is 33.8 Å². The van der Waals surface area contributed by atoms with Crippen LogP contribution in [0.15, 0.2) is 18.2 Å². The molecule has 1 aromatic rings. The SMILES string of the molecule is COCCS(=O)CC(=O)c1ccc(Cl)cc1Cl. The van der Waals surface area contributed by atoms with Crippen LogP contribution in [0.5, 0.6) is 0 Å². The van der Waals surface area contributed by atoms with Gasteiger partial charge in [0.15, 0.2) is 5.78 Å². The molecule has 0 aliphatic carbocycles. The highest BCUT2D eigenvalue weighted by Gasteiger charge is 2.13. The fourth-order valence-electron chi connectivity index (χ4n) is 1.19. The molecule has 0 aliphatic heterocycles. The Morgan fingerprint density at radius 1 is 1.41 bits per heavy atom. The summed E-state index contributed by atoms with van der Waals surface area (Å²) >= 11 is 11.6. The van der Waals surface area contributed by atoms with E-state index in [9.17, 15) is 9.00 Å². The third kappa shape index (κ3) is 4.76. The van der Waals surface area contributed by atoms with Crippen LogP contribution in [0.2, 0.25) is 10.0 Å². The second kappa shape index (κ2) is 7.11. The number of hydrogen-bond donors (Lipinski definition) is 0. The van der Waals surface area contributed by atoms with Crippen LogP contribution in [-0.4, -0.2) is 35.2 Å². The number of rotatable bonds is 6. The highest BCUT2D eigenvalue weighted by molar-refractivity contribution is 7.85. The summed E-state index contributed by atoms with van der Waals surface area (Å²) in [7, 11) is 0.293. The lowest BCUT2D eigenvalue weighted by molar-refractivity contribution is 0.102. The molecule has 3 nitrogen and oxygen atoms in total. The van der Waals surface area contributed by atoms with Gasteiger partial charge < -0.3 is 4.74 Å². The Hall–Kier alpha value is -0.420. The van der Waals surface area contributed by atoms with E-state index >= 15 is 0 Å². The Balaban J connectivity index is 2.67. The van der Waals surface area contributed by atoms with Gasteiger partial charge in [0.25, 0.3) is 0 Å². The molecule has 1 rings (SSSR count). The molecule has 0 N–H and O–H groups in total. The fourth-order valence-corrected chi connectivity index (χ4v) is 2.65. The zero-order valence-electron chi connectivity index (χ0n) is 9.24. The third-order valence-electron chi connectivity index (χ3n) is 2.04. The summed E-state index contributed by atoms with van der Waals surface area (Å²) in [6.45, 7) is 0.369. The minimum absolute atomic E-state index is 0.0509. The van der Waals surface area contributed by atoms with Crippen molar-refractivity contribution in [2.24, 2.45) is 0 Å². The van der Waals surface area contributed by atoms with E-state index in [0.717, 1.165) is 0 Å². The van der Waals surface area contributed by atoms with Crippen molar-refractivity contribution in [1.29, 1.82) is 0 Å². The topological polar surface area (TPSA) is 43.4 Å². The molecule has 0 aromatic heterocycles. The molecule has 0 bridgehead atoms. The van der Waals surface area contributed by atoms with Gasteiger partial charge in [-0.25, -0.2) is 0 Å². The van der Waals surface area contributed by atoms with Gasteiger partial charge in [0, 0.05) is 34.2 Å². The van der Waals surface area contributed by atoms with Gasteiger partial charge in [0.05, 0.1) is 17.4 Å². The first-order chi connectivity index (χ1) is 8.04. The van der Waals surface area contributed by atoms with Gasteiger partial charge in [-0.2, -0.15) is 0 Å². The molecular weight excluding hydrogens is 283 g/mol. The molecule has 0 heterocycles. The zero-order chi connectivity index (χ0) is 12.8. The summed E-state index contributed by atoms with van der Waals surface area (Å²) in [5.41, 5.74) is 0.349. The molecular formula is C11H12Cl2O3S. The summed E-state index contributed by atoms with van der Waals surface area (Å²) in [4.78, 5) is 11.8.